The molecular weight excluding hydrogens is 272 g/mol. The van der Waals surface area contributed by atoms with Crippen LogP contribution in [0.5, 0.6) is 0 Å². The van der Waals surface area contributed by atoms with Crippen molar-refractivity contribution in [1.29, 1.82) is 0 Å². The molecule has 0 bridgehead atoms. The molecule has 2 aromatic rings. The van der Waals surface area contributed by atoms with Crippen molar-refractivity contribution in [2.45, 2.75) is 0 Å². The maximum Gasteiger partial charge on any atom is -0.0183 e. The summed E-state index contributed by atoms with van der Waals surface area (Å²) in [5, 5.41) is 0. The van der Waals surface area contributed by atoms with E-state index in [4.69, 9.17) is 0 Å². The molecule has 0 saturated carbocycles. The first-order chi connectivity index (χ1) is 8.36. The van der Waals surface area contributed by atoms with Crippen LogP contribution >= 0.6 is 15.9 Å². The summed E-state index contributed by atoms with van der Waals surface area (Å²) in [7, 11) is 0. The van der Waals surface area contributed by atoms with Gasteiger partial charge in [-0.3, -0.25) is 0 Å². The van der Waals surface area contributed by atoms with E-state index in [2.05, 4.69) is 34.6 Å². The first-order valence-corrected chi connectivity index (χ1v) is 6.27. The second kappa shape index (κ2) is 8.54. The molecule has 0 nitrogen and oxygen atoms in total. The highest BCUT2D eigenvalue weighted by Crippen LogP contribution is 2.01. The van der Waals surface area contributed by atoms with E-state index in [0.717, 1.165) is 0 Å². The third kappa shape index (κ3) is 5.88. The lowest BCUT2D eigenvalue weighted by Crippen LogP contribution is -1.64. The average molecular weight is 287 g/mol. The molecule has 0 heterocycles. The molecule has 0 aliphatic carbocycles. The van der Waals surface area contributed by atoms with Crippen LogP contribution in [-0.4, -0.2) is 0 Å². The van der Waals surface area contributed by atoms with Crippen LogP contribution in [0.25, 0.3) is 12.2 Å². The van der Waals surface area contributed by atoms with E-state index in [1.807, 2.05) is 65.7 Å². The molecule has 0 radical (unpaired) electrons. The van der Waals surface area contributed by atoms with Crippen LogP contribution in [-0.2, 0) is 0 Å². The van der Waals surface area contributed by atoms with Crippen molar-refractivity contribution in [3.8, 4) is 0 Å². The van der Waals surface area contributed by atoms with Crippen molar-refractivity contribution in [3.05, 3.63) is 83.4 Å². The fraction of sp³-hybridized carbons (Fsp3) is 0. The largest absolute Gasteiger partial charge is 0.0985 e. The number of benzene rings is 2. The smallest absolute Gasteiger partial charge is 0.0183 e. The monoisotopic (exact) mass is 286 g/mol. The van der Waals surface area contributed by atoms with Crippen LogP contribution in [0.15, 0.2) is 72.2 Å². The summed E-state index contributed by atoms with van der Waals surface area (Å²) < 4.78 is 0. The summed E-state index contributed by atoms with van der Waals surface area (Å²) in [6, 6.07) is 20.2. The van der Waals surface area contributed by atoms with Gasteiger partial charge in [-0.2, -0.15) is 0 Å². The van der Waals surface area contributed by atoms with Gasteiger partial charge in [0.1, 0.15) is 0 Å². The molecule has 17 heavy (non-hydrogen) atoms. The second-order valence-corrected chi connectivity index (χ2v) is 3.85. The summed E-state index contributed by atoms with van der Waals surface area (Å²) in [5.74, 6) is 0. The van der Waals surface area contributed by atoms with Crippen LogP contribution in [0.1, 0.15) is 11.1 Å². The Balaban J connectivity index is 0.000000171. The Morgan fingerprint density at radius 2 is 1.24 bits per heavy atom. The van der Waals surface area contributed by atoms with Gasteiger partial charge in [0.2, 0.25) is 0 Å². The standard InChI is InChI=1S/C8H7Br.C8H8/c9-7-6-8-4-2-1-3-5-8;1-2-8-6-4-3-5-7-8/h1-7H;2-7H,1H2. The molecule has 2 rings (SSSR count). The Labute approximate surface area is 111 Å². The zero-order valence-corrected chi connectivity index (χ0v) is 11.2. The SMILES string of the molecule is BrC=Cc1ccccc1.C=Cc1ccccc1. The minimum atomic E-state index is 1.17. The minimum Gasteiger partial charge on any atom is -0.0985 e. The maximum atomic E-state index is 3.63. The molecule has 2 aromatic carbocycles. The summed E-state index contributed by atoms with van der Waals surface area (Å²) >= 11 is 3.21. The molecule has 1 heteroatoms. The van der Waals surface area contributed by atoms with Gasteiger partial charge < -0.3 is 0 Å². The molecule has 0 saturated heterocycles. The molecule has 0 amide bonds. The normalized spacial score (nSPS) is 9.47. The minimum absolute atomic E-state index is 1.17. The fourth-order valence-electron chi connectivity index (χ4n) is 1.23. The van der Waals surface area contributed by atoms with E-state index < -0.39 is 0 Å². The van der Waals surface area contributed by atoms with Gasteiger partial charge in [0, 0.05) is 0 Å². The molecule has 0 atom stereocenters. The van der Waals surface area contributed by atoms with Crippen molar-refractivity contribution < 1.29 is 0 Å². The highest BCUT2D eigenvalue weighted by molar-refractivity contribution is 9.11. The second-order valence-electron chi connectivity index (χ2n) is 3.32. The van der Waals surface area contributed by atoms with Crippen molar-refractivity contribution in [2.75, 3.05) is 0 Å². The van der Waals surface area contributed by atoms with Crippen LogP contribution in [0.2, 0.25) is 0 Å². The fourth-order valence-corrected chi connectivity index (χ4v) is 1.53. The van der Waals surface area contributed by atoms with Gasteiger partial charge in [-0.15, -0.1) is 0 Å². The lowest BCUT2D eigenvalue weighted by Gasteiger charge is -1.86. The Bertz CT molecular complexity index is 443. The highest BCUT2D eigenvalue weighted by atomic mass is 79.9. The zero-order chi connectivity index (χ0) is 12.3. The number of hydrogen-bond acceptors (Lipinski definition) is 0. The van der Waals surface area contributed by atoms with Crippen LogP contribution in [0.3, 0.4) is 0 Å². The summed E-state index contributed by atoms with van der Waals surface area (Å²) in [5.41, 5.74) is 2.39. The molecule has 0 spiro atoms. The van der Waals surface area contributed by atoms with Gasteiger partial charge in [-0.25, -0.2) is 0 Å². The number of hydrogen-bond donors (Lipinski definition) is 0. The zero-order valence-electron chi connectivity index (χ0n) is 9.59. The molecule has 0 unspecified atom stereocenters. The van der Waals surface area contributed by atoms with E-state index in [0.29, 0.717) is 0 Å². The van der Waals surface area contributed by atoms with Gasteiger partial charge in [0.25, 0.3) is 0 Å². The van der Waals surface area contributed by atoms with Crippen molar-refractivity contribution >= 4 is 28.1 Å². The van der Waals surface area contributed by atoms with Gasteiger partial charge in [-0.1, -0.05) is 89.2 Å². The van der Waals surface area contributed by atoms with E-state index in [1.54, 1.807) is 0 Å². The van der Waals surface area contributed by atoms with E-state index in [-0.39, 0.29) is 0 Å². The highest BCUT2D eigenvalue weighted by Gasteiger charge is 1.78. The number of rotatable bonds is 2. The summed E-state index contributed by atoms with van der Waals surface area (Å²) in [4.78, 5) is 1.85. The third-order valence-electron chi connectivity index (χ3n) is 2.09. The molecule has 86 valence electrons. The van der Waals surface area contributed by atoms with Crippen LogP contribution in [0, 0.1) is 0 Å². The molecule has 0 aromatic heterocycles. The summed E-state index contributed by atoms with van der Waals surface area (Å²) in [6.07, 6.45) is 3.83. The van der Waals surface area contributed by atoms with Crippen molar-refractivity contribution in [3.63, 3.8) is 0 Å². The molecular formula is C16H15Br. The Morgan fingerprint density at radius 3 is 1.59 bits per heavy atom. The van der Waals surface area contributed by atoms with Gasteiger partial charge in [-0.05, 0) is 22.2 Å². The van der Waals surface area contributed by atoms with Crippen LogP contribution < -0.4 is 0 Å². The topological polar surface area (TPSA) is 0 Å². The third-order valence-corrected chi connectivity index (χ3v) is 2.35. The number of halogens is 1. The predicted octanol–water partition coefficient (Wildman–Crippen LogP) is 5.38. The van der Waals surface area contributed by atoms with E-state index >= 15 is 0 Å². The first kappa shape index (κ1) is 13.5. The first-order valence-electron chi connectivity index (χ1n) is 5.36. The molecule has 0 fully saturated rings. The lowest BCUT2D eigenvalue weighted by molar-refractivity contribution is 1.67. The summed E-state index contributed by atoms with van der Waals surface area (Å²) in [6.45, 7) is 3.63. The van der Waals surface area contributed by atoms with Crippen molar-refractivity contribution in [1.82, 2.24) is 0 Å². The maximum absolute atomic E-state index is 3.63. The average Bonchev–Trinajstić information content (AvgIpc) is 2.42. The Kier molecular flexibility index (Phi) is 6.76. The van der Waals surface area contributed by atoms with E-state index in [9.17, 15) is 0 Å². The van der Waals surface area contributed by atoms with Gasteiger partial charge in [0.15, 0.2) is 0 Å². The van der Waals surface area contributed by atoms with Crippen molar-refractivity contribution in [2.24, 2.45) is 0 Å². The van der Waals surface area contributed by atoms with Gasteiger partial charge >= 0.3 is 0 Å². The molecule has 0 aliphatic heterocycles. The van der Waals surface area contributed by atoms with Gasteiger partial charge in [0.05, 0.1) is 0 Å². The molecule has 0 N–H and O–H groups in total. The quantitative estimate of drug-likeness (QED) is 0.695. The Morgan fingerprint density at radius 1 is 0.765 bits per heavy atom. The Hall–Kier alpha value is -1.60. The lowest BCUT2D eigenvalue weighted by atomic mass is 10.2. The van der Waals surface area contributed by atoms with Crippen LogP contribution in [0.4, 0.5) is 0 Å². The van der Waals surface area contributed by atoms with E-state index in [1.165, 1.54) is 11.1 Å². The predicted molar refractivity (Wildman–Crippen MR) is 80.9 cm³/mol. The molecule has 0 aliphatic rings.